The fourth-order valence-corrected chi connectivity index (χ4v) is 1.61. The highest BCUT2D eigenvalue weighted by molar-refractivity contribution is 9.10. The zero-order chi connectivity index (χ0) is 11.4. The number of methoxy groups -OCH3 is 2. The molecule has 5 nitrogen and oxygen atoms in total. The van der Waals surface area contributed by atoms with E-state index in [1.807, 2.05) is 0 Å². The monoisotopic (exact) mass is 275 g/mol. The summed E-state index contributed by atoms with van der Waals surface area (Å²) in [7, 11) is 2.86. The van der Waals surface area contributed by atoms with Crippen molar-refractivity contribution in [1.29, 1.82) is 0 Å². The van der Waals surface area contributed by atoms with E-state index in [1.165, 1.54) is 20.3 Å². The van der Waals surface area contributed by atoms with Gasteiger partial charge in [-0.25, -0.2) is 0 Å². The lowest BCUT2D eigenvalue weighted by Crippen LogP contribution is -2.06. The van der Waals surface area contributed by atoms with Gasteiger partial charge in [-0.2, -0.15) is 0 Å². The van der Waals surface area contributed by atoms with Crippen LogP contribution in [0.2, 0.25) is 0 Å². The lowest BCUT2D eigenvalue weighted by molar-refractivity contribution is -0.387. The summed E-state index contributed by atoms with van der Waals surface area (Å²) in [6.07, 6.45) is -0.733. The Morgan fingerprint density at radius 3 is 2.47 bits per heavy atom. The van der Waals surface area contributed by atoms with Crippen LogP contribution in [-0.2, 0) is 9.47 Å². The molecule has 1 aromatic carbocycles. The van der Waals surface area contributed by atoms with Gasteiger partial charge >= 0.3 is 0 Å². The van der Waals surface area contributed by atoms with E-state index in [2.05, 4.69) is 15.9 Å². The molecule has 0 radical (unpaired) electrons. The third-order valence-corrected chi connectivity index (χ3v) is 2.36. The first-order chi connectivity index (χ1) is 7.10. The van der Waals surface area contributed by atoms with E-state index < -0.39 is 11.2 Å². The highest BCUT2D eigenvalue weighted by atomic mass is 79.9. The van der Waals surface area contributed by atoms with Crippen molar-refractivity contribution in [3.63, 3.8) is 0 Å². The Kier molecular flexibility index (Phi) is 4.19. The summed E-state index contributed by atoms with van der Waals surface area (Å²) < 4.78 is 10.7. The van der Waals surface area contributed by atoms with Crippen molar-refractivity contribution >= 4 is 21.6 Å². The molecule has 0 spiro atoms. The highest BCUT2D eigenvalue weighted by Crippen LogP contribution is 2.30. The molecular weight excluding hydrogens is 266 g/mol. The average molecular weight is 276 g/mol. The van der Waals surface area contributed by atoms with E-state index in [4.69, 9.17) is 9.47 Å². The Bertz CT molecular complexity index is 365. The number of ether oxygens (including phenoxy) is 2. The molecule has 6 heteroatoms. The van der Waals surface area contributed by atoms with Crippen LogP contribution in [0, 0.1) is 10.1 Å². The molecule has 0 aliphatic rings. The summed E-state index contributed by atoms with van der Waals surface area (Å²) in [5.74, 6) is 0. The maximum absolute atomic E-state index is 10.7. The number of benzene rings is 1. The SMILES string of the molecule is COC(OC)c1cc(Br)ccc1[N+](=O)[O-]. The number of rotatable bonds is 4. The Balaban J connectivity index is 3.22. The van der Waals surface area contributed by atoms with Crippen LogP contribution in [0.1, 0.15) is 11.9 Å². The van der Waals surface area contributed by atoms with Crippen molar-refractivity contribution < 1.29 is 14.4 Å². The Morgan fingerprint density at radius 2 is 2.00 bits per heavy atom. The number of nitrogens with zero attached hydrogens (tertiary/aromatic N) is 1. The van der Waals surface area contributed by atoms with Gasteiger partial charge in [0.1, 0.15) is 0 Å². The van der Waals surface area contributed by atoms with Crippen molar-refractivity contribution in [2.45, 2.75) is 6.29 Å². The lowest BCUT2D eigenvalue weighted by Gasteiger charge is -2.13. The second-order valence-corrected chi connectivity index (χ2v) is 3.68. The van der Waals surface area contributed by atoms with Crippen molar-refractivity contribution in [3.05, 3.63) is 38.3 Å². The van der Waals surface area contributed by atoms with E-state index in [-0.39, 0.29) is 5.69 Å². The Hall–Kier alpha value is -0.980. The molecule has 0 aliphatic carbocycles. The molecule has 0 amide bonds. The van der Waals surface area contributed by atoms with Gasteiger partial charge in [0, 0.05) is 24.8 Å². The molecule has 0 aromatic heterocycles. The molecule has 0 atom stereocenters. The summed E-state index contributed by atoms with van der Waals surface area (Å²) >= 11 is 3.24. The Morgan fingerprint density at radius 1 is 1.40 bits per heavy atom. The van der Waals surface area contributed by atoms with E-state index in [9.17, 15) is 10.1 Å². The quantitative estimate of drug-likeness (QED) is 0.482. The van der Waals surface area contributed by atoms with Gasteiger partial charge in [0.05, 0.1) is 10.5 Å². The first-order valence-corrected chi connectivity index (χ1v) is 4.89. The van der Waals surface area contributed by atoms with Gasteiger partial charge in [-0.05, 0) is 12.1 Å². The summed E-state index contributed by atoms with van der Waals surface area (Å²) in [4.78, 5) is 10.3. The maximum atomic E-state index is 10.7. The predicted octanol–water partition coefficient (Wildman–Crippen LogP) is 2.65. The standard InChI is InChI=1S/C9H10BrNO4/c1-14-9(15-2)7-5-6(10)3-4-8(7)11(12)13/h3-5,9H,1-2H3. The molecule has 0 N–H and O–H groups in total. The minimum Gasteiger partial charge on any atom is -0.351 e. The molecule has 0 heterocycles. The fraction of sp³-hybridized carbons (Fsp3) is 0.333. The van der Waals surface area contributed by atoms with E-state index in [0.717, 1.165) is 4.47 Å². The Labute approximate surface area is 95.3 Å². The van der Waals surface area contributed by atoms with Crippen LogP contribution in [0.15, 0.2) is 22.7 Å². The number of nitro groups is 1. The van der Waals surface area contributed by atoms with Crippen molar-refractivity contribution in [3.8, 4) is 0 Å². The van der Waals surface area contributed by atoms with Crippen LogP contribution in [0.25, 0.3) is 0 Å². The van der Waals surface area contributed by atoms with Crippen LogP contribution in [0.5, 0.6) is 0 Å². The zero-order valence-corrected chi connectivity index (χ0v) is 9.85. The van der Waals surface area contributed by atoms with Gasteiger partial charge in [-0.1, -0.05) is 15.9 Å². The number of hydrogen-bond donors (Lipinski definition) is 0. The first kappa shape index (κ1) is 12.1. The lowest BCUT2D eigenvalue weighted by atomic mass is 10.2. The van der Waals surface area contributed by atoms with Gasteiger partial charge < -0.3 is 9.47 Å². The van der Waals surface area contributed by atoms with Crippen LogP contribution < -0.4 is 0 Å². The minimum atomic E-state index is -0.733. The van der Waals surface area contributed by atoms with Crippen molar-refractivity contribution in [2.75, 3.05) is 14.2 Å². The van der Waals surface area contributed by atoms with Crippen LogP contribution >= 0.6 is 15.9 Å². The van der Waals surface area contributed by atoms with Gasteiger partial charge in [0.25, 0.3) is 5.69 Å². The fourth-order valence-electron chi connectivity index (χ4n) is 1.23. The molecular formula is C9H10BrNO4. The van der Waals surface area contributed by atoms with Crippen LogP contribution in [0.4, 0.5) is 5.69 Å². The molecule has 0 saturated heterocycles. The normalized spacial score (nSPS) is 10.7. The highest BCUT2D eigenvalue weighted by Gasteiger charge is 2.21. The maximum Gasteiger partial charge on any atom is 0.277 e. The first-order valence-electron chi connectivity index (χ1n) is 4.09. The second-order valence-electron chi connectivity index (χ2n) is 2.76. The number of hydrogen-bond acceptors (Lipinski definition) is 4. The molecule has 0 aliphatic heterocycles. The molecule has 0 saturated carbocycles. The molecule has 15 heavy (non-hydrogen) atoms. The summed E-state index contributed by atoms with van der Waals surface area (Å²) in [6.45, 7) is 0. The molecule has 82 valence electrons. The topological polar surface area (TPSA) is 61.6 Å². The smallest absolute Gasteiger partial charge is 0.277 e. The van der Waals surface area contributed by atoms with E-state index in [1.54, 1.807) is 12.1 Å². The van der Waals surface area contributed by atoms with E-state index in [0.29, 0.717) is 5.56 Å². The third kappa shape index (κ3) is 2.74. The molecule has 0 bridgehead atoms. The summed E-state index contributed by atoms with van der Waals surface area (Å²) in [6, 6.07) is 4.62. The van der Waals surface area contributed by atoms with Crippen molar-refractivity contribution in [1.82, 2.24) is 0 Å². The molecule has 1 rings (SSSR count). The summed E-state index contributed by atoms with van der Waals surface area (Å²) in [5.41, 5.74) is 0.367. The molecule has 1 aromatic rings. The van der Waals surface area contributed by atoms with Crippen molar-refractivity contribution in [2.24, 2.45) is 0 Å². The minimum absolute atomic E-state index is 0.0214. The second kappa shape index (κ2) is 5.20. The van der Waals surface area contributed by atoms with Crippen LogP contribution in [0.3, 0.4) is 0 Å². The number of nitro benzene ring substituents is 1. The summed E-state index contributed by atoms with van der Waals surface area (Å²) in [5, 5.41) is 10.7. The molecule has 0 unspecified atom stereocenters. The van der Waals surface area contributed by atoms with Gasteiger partial charge in [-0.15, -0.1) is 0 Å². The van der Waals surface area contributed by atoms with Gasteiger partial charge in [0.2, 0.25) is 0 Å². The van der Waals surface area contributed by atoms with Gasteiger partial charge in [0.15, 0.2) is 6.29 Å². The van der Waals surface area contributed by atoms with E-state index >= 15 is 0 Å². The third-order valence-electron chi connectivity index (χ3n) is 1.87. The largest absolute Gasteiger partial charge is 0.351 e. The van der Waals surface area contributed by atoms with Crippen LogP contribution in [-0.4, -0.2) is 19.1 Å². The zero-order valence-electron chi connectivity index (χ0n) is 8.27. The molecule has 0 fully saturated rings. The van der Waals surface area contributed by atoms with Gasteiger partial charge in [-0.3, -0.25) is 10.1 Å². The number of halogens is 1. The average Bonchev–Trinajstić information content (AvgIpc) is 2.19. The predicted molar refractivity (Wildman–Crippen MR) is 57.6 cm³/mol.